The van der Waals surface area contributed by atoms with Crippen molar-refractivity contribution in [2.75, 3.05) is 6.61 Å². The summed E-state index contributed by atoms with van der Waals surface area (Å²) in [4.78, 5) is 11.0. The van der Waals surface area contributed by atoms with E-state index in [0.29, 0.717) is 13.0 Å². The number of carboxylic acid groups (broad SMARTS) is 1. The summed E-state index contributed by atoms with van der Waals surface area (Å²) in [5, 5.41) is 9.04. The van der Waals surface area contributed by atoms with Crippen LogP contribution in [-0.4, -0.2) is 23.3 Å². The van der Waals surface area contributed by atoms with E-state index >= 15 is 0 Å². The van der Waals surface area contributed by atoms with Gasteiger partial charge in [0.05, 0.1) is 0 Å². The third-order valence-corrected chi connectivity index (χ3v) is 2.82. The molecule has 2 atom stereocenters. The highest BCUT2D eigenvalue weighted by Gasteiger charge is 2.46. The smallest absolute Gasteiger partial charge is 0.336 e. The van der Waals surface area contributed by atoms with Gasteiger partial charge in [0.25, 0.3) is 0 Å². The number of rotatable bonds is 3. The Morgan fingerprint density at radius 1 is 1.75 bits per heavy atom. The van der Waals surface area contributed by atoms with Crippen LogP contribution in [0.3, 0.4) is 0 Å². The fraction of sp³-hybridized carbons (Fsp3) is 0.889. The third-order valence-electron chi connectivity index (χ3n) is 2.82. The molecule has 3 heteroatoms. The molecule has 1 fully saturated rings. The Morgan fingerprint density at radius 3 is 2.75 bits per heavy atom. The molecular formula is C9H16O3. The molecule has 1 heterocycles. The van der Waals surface area contributed by atoms with Gasteiger partial charge in [-0.15, -0.1) is 0 Å². The molecule has 0 spiro atoms. The van der Waals surface area contributed by atoms with Gasteiger partial charge in [-0.1, -0.05) is 20.3 Å². The minimum absolute atomic E-state index is 0.109. The van der Waals surface area contributed by atoms with Crippen molar-refractivity contribution in [3.63, 3.8) is 0 Å². The van der Waals surface area contributed by atoms with Crippen LogP contribution in [0.4, 0.5) is 0 Å². The Morgan fingerprint density at radius 2 is 2.42 bits per heavy atom. The van der Waals surface area contributed by atoms with Crippen molar-refractivity contribution in [3.05, 3.63) is 0 Å². The molecule has 0 aromatic carbocycles. The molecule has 0 bridgehead atoms. The van der Waals surface area contributed by atoms with E-state index in [0.717, 1.165) is 12.8 Å². The van der Waals surface area contributed by atoms with Gasteiger partial charge in [0.1, 0.15) is 0 Å². The Hall–Kier alpha value is -0.570. The summed E-state index contributed by atoms with van der Waals surface area (Å²) in [6.07, 6.45) is 2.39. The second-order valence-electron chi connectivity index (χ2n) is 3.46. The second kappa shape index (κ2) is 3.44. The first-order valence-electron chi connectivity index (χ1n) is 4.51. The maximum absolute atomic E-state index is 11.0. The summed E-state index contributed by atoms with van der Waals surface area (Å²) >= 11 is 0. The fourth-order valence-electron chi connectivity index (χ4n) is 1.76. The maximum atomic E-state index is 11.0. The first-order valence-corrected chi connectivity index (χ1v) is 4.51. The molecule has 3 nitrogen and oxygen atoms in total. The molecule has 0 aliphatic carbocycles. The van der Waals surface area contributed by atoms with Crippen LogP contribution in [0.15, 0.2) is 0 Å². The van der Waals surface area contributed by atoms with E-state index in [-0.39, 0.29) is 5.92 Å². The number of carboxylic acids is 1. The molecule has 12 heavy (non-hydrogen) atoms. The second-order valence-corrected chi connectivity index (χ2v) is 3.46. The van der Waals surface area contributed by atoms with Crippen molar-refractivity contribution in [3.8, 4) is 0 Å². The topological polar surface area (TPSA) is 46.5 Å². The normalized spacial score (nSPS) is 31.8. The van der Waals surface area contributed by atoms with Crippen LogP contribution < -0.4 is 0 Å². The highest BCUT2D eigenvalue weighted by Crippen LogP contribution is 2.34. The van der Waals surface area contributed by atoms with Crippen molar-refractivity contribution in [2.24, 2.45) is 5.92 Å². The predicted molar refractivity (Wildman–Crippen MR) is 45.0 cm³/mol. The lowest BCUT2D eigenvalue weighted by Crippen LogP contribution is -2.43. The quantitative estimate of drug-likeness (QED) is 0.704. The molecule has 0 aromatic heterocycles. The SMILES string of the molecule is CCC(C)C1(C(=O)O)CCCO1. The summed E-state index contributed by atoms with van der Waals surface area (Å²) in [6, 6.07) is 0. The minimum atomic E-state index is -0.880. The van der Waals surface area contributed by atoms with E-state index in [9.17, 15) is 4.79 Å². The molecule has 70 valence electrons. The Balaban J connectivity index is 2.78. The van der Waals surface area contributed by atoms with Crippen LogP contribution in [0.1, 0.15) is 33.1 Å². The minimum Gasteiger partial charge on any atom is -0.479 e. The highest BCUT2D eigenvalue weighted by molar-refractivity contribution is 5.78. The van der Waals surface area contributed by atoms with Gasteiger partial charge in [-0.25, -0.2) is 4.79 Å². The number of carbonyl (C=O) groups is 1. The van der Waals surface area contributed by atoms with Crippen LogP contribution in [-0.2, 0) is 9.53 Å². The van der Waals surface area contributed by atoms with Gasteiger partial charge in [-0.2, -0.15) is 0 Å². The van der Waals surface area contributed by atoms with E-state index in [1.54, 1.807) is 0 Å². The van der Waals surface area contributed by atoms with Gasteiger partial charge in [0.2, 0.25) is 0 Å². The number of hydrogen-bond donors (Lipinski definition) is 1. The zero-order chi connectivity index (χ0) is 9.19. The summed E-state index contributed by atoms with van der Waals surface area (Å²) in [5.41, 5.74) is -0.880. The van der Waals surface area contributed by atoms with Crippen LogP contribution >= 0.6 is 0 Å². The summed E-state index contributed by atoms with van der Waals surface area (Å²) < 4.78 is 5.36. The third kappa shape index (κ3) is 1.33. The van der Waals surface area contributed by atoms with Crippen molar-refractivity contribution in [1.82, 2.24) is 0 Å². The standard InChI is InChI=1S/C9H16O3/c1-3-7(2)9(8(10)11)5-4-6-12-9/h7H,3-6H2,1-2H3,(H,10,11). The Kier molecular flexibility index (Phi) is 2.73. The van der Waals surface area contributed by atoms with Gasteiger partial charge < -0.3 is 9.84 Å². The molecule has 1 saturated heterocycles. The number of ether oxygens (including phenoxy) is 1. The lowest BCUT2D eigenvalue weighted by atomic mass is 9.84. The summed E-state index contributed by atoms with van der Waals surface area (Å²) in [7, 11) is 0. The predicted octanol–water partition coefficient (Wildman–Crippen LogP) is 1.67. The van der Waals surface area contributed by atoms with Crippen molar-refractivity contribution < 1.29 is 14.6 Å². The van der Waals surface area contributed by atoms with Gasteiger partial charge in [-0.05, 0) is 18.8 Å². The van der Waals surface area contributed by atoms with E-state index in [1.165, 1.54) is 0 Å². The molecule has 1 aliphatic heterocycles. The lowest BCUT2D eigenvalue weighted by Gasteiger charge is -2.29. The van der Waals surface area contributed by atoms with Crippen molar-refractivity contribution in [1.29, 1.82) is 0 Å². The van der Waals surface area contributed by atoms with E-state index in [1.807, 2.05) is 13.8 Å². The fourth-order valence-corrected chi connectivity index (χ4v) is 1.76. The average Bonchev–Trinajstić information content (AvgIpc) is 2.52. The van der Waals surface area contributed by atoms with E-state index in [2.05, 4.69) is 0 Å². The first-order chi connectivity index (χ1) is 5.63. The zero-order valence-electron chi connectivity index (χ0n) is 7.67. The van der Waals surface area contributed by atoms with E-state index < -0.39 is 11.6 Å². The van der Waals surface area contributed by atoms with Gasteiger partial charge in [0.15, 0.2) is 5.60 Å². The average molecular weight is 172 g/mol. The number of aliphatic carboxylic acids is 1. The molecule has 0 radical (unpaired) electrons. The zero-order valence-corrected chi connectivity index (χ0v) is 7.67. The van der Waals surface area contributed by atoms with Crippen LogP contribution in [0.5, 0.6) is 0 Å². The van der Waals surface area contributed by atoms with Gasteiger partial charge in [-0.3, -0.25) is 0 Å². The van der Waals surface area contributed by atoms with E-state index in [4.69, 9.17) is 9.84 Å². The Labute approximate surface area is 72.7 Å². The van der Waals surface area contributed by atoms with Crippen LogP contribution in [0, 0.1) is 5.92 Å². The molecule has 0 aromatic rings. The molecule has 2 unspecified atom stereocenters. The monoisotopic (exact) mass is 172 g/mol. The molecule has 1 rings (SSSR count). The van der Waals surface area contributed by atoms with Crippen molar-refractivity contribution >= 4 is 5.97 Å². The largest absolute Gasteiger partial charge is 0.479 e. The molecule has 1 N–H and O–H groups in total. The van der Waals surface area contributed by atoms with Crippen LogP contribution in [0.2, 0.25) is 0 Å². The maximum Gasteiger partial charge on any atom is 0.336 e. The van der Waals surface area contributed by atoms with Gasteiger partial charge in [0, 0.05) is 6.61 Å². The van der Waals surface area contributed by atoms with Gasteiger partial charge >= 0.3 is 5.97 Å². The molecule has 1 aliphatic rings. The molecular weight excluding hydrogens is 156 g/mol. The highest BCUT2D eigenvalue weighted by atomic mass is 16.5. The Bertz CT molecular complexity index is 171. The first kappa shape index (κ1) is 9.52. The lowest BCUT2D eigenvalue weighted by molar-refractivity contribution is -0.166. The molecule has 0 amide bonds. The number of hydrogen-bond acceptors (Lipinski definition) is 2. The van der Waals surface area contributed by atoms with Crippen molar-refractivity contribution in [2.45, 2.75) is 38.7 Å². The summed E-state index contributed by atoms with van der Waals surface area (Å²) in [6.45, 7) is 4.53. The molecule has 0 saturated carbocycles. The summed E-state index contributed by atoms with van der Waals surface area (Å²) in [5.74, 6) is -0.688. The van der Waals surface area contributed by atoms with Crippen LogP contribution in [0.25, 0.3) is 0 Å².